The van der Waals surface area contributed by atoms with Crippen LogP contribution in [0.2, 0.25) is 0 Å². The van der Waals surface area contributed by atoms with E-state index < -0.39 is 12.1 Å². The van der Waals surface area contributed by atoms with Crippen molar-refractivity contribution in [2.45, 2.75) is 18.8 Å². The lowest BCUT2D eigenvalue weighted by atomic mass is 9.98. The molecule has 2 N–H and O–H groups in total. The average molecular weight is 456 g/mol. The number of hydrogen-bond donors (Lipinski definition) is 2. The summed E-state index contributed by atoms with van der Waals surface area (Å²) in [5.41, 5.74) is 5.98. The van der Waals surface area contributed by atoms with Crippen molar-refractivity contribution in [1.29, 1.82) is 0 Å². The average Bonchev–Trinajstić information content (AvgIpc) is 3.16. The van der Waals surface area contributed by atoms with E-state index in [0.717, 1.165) is 0 Å². The topological polar surface area (TPSA) is 84.9 Å². The zero-order valence-electron chi connectivity index (χ0n) is 18.8. The predicted molar refractivity (Wildman–Crippen MR) is 129 cm³/mol. The van der Waals surface area contributed by atoms with Crippen molar-refractivity contribution in [3.05, 3.63) is 89.0 Å². The van der Waals surface area contributed by atoms with Crippen LogP contribution in [0.15, 0.2) is 66.7 Å². The van der Waals surface area contributed by atoms with Crippen molar-refractivity contribution in [1.82, 2.24) is 5.32 Å². The number of fused-ring (bicyclic) bond motifs is 3. The van der Waals surface area contributed by atoms with Crippen molar-refractivity contribution in [3.63, 3.8) is 0 Å². The number of aliphatic carboxylic acids is 1. The van der Waals surface area contributed by atoms with E-state index in [0.29, 0.717) is 29.8 Å². The van der Waals surface area contributed by atoms with Crippen molar-refractivity contribution in [2.24, 2.45) is 0 Å². The van der Waals surface area contributed by atoms with Gasteiger partial charge in [0.05, 0.1) is 13.5 Å². The second-order valence-electron chi connectivity index (χ2n) is 7.90. The number of rotatable bonds is 7. The smallest absolute Gasteiger partial charge is 0.407 e. The van der Waals surface area contributed by atoms with Crippen molar-refractivity contribution in [2.75, 3.05) is 20.3 Å². The molecule has 3 aromatic rings. The number of carbonyl (C=O) groups is 2. The molecule has 0 radical (unpaired) electrons. The first-order chi connectivity index (χ1) is 16.6. The fourth-order valence-corrected chi connectivity index (χ4v) is 4.20. The van der Waals surface area contributed by atoms with E-state index in [-0.39, 0.29) is 18.9 Å². The van der Waals surface area contributed by atoms with Crippen LogP contribution in [0.1, 0.15) is 34.6 Å². The lowest BCUT2D eigenvalue weighted by Gasteiger charge is -2.14. The summed E-state index contributed by atoms with van der Waals surface area (Å²) >= 11 is 0. The molecule has 1 amide bonds. The summed E-state index contributed by atoms with van der Waals surface area (Å²) in [6, 6.07) is 21.6. The van der Waals surface area contributed by atoms with E-state index in [4.69, 9.17) is 14.6 Å². The number of methoxy groups -OCH3 is 1. The molecule has 0 spiro atoms. The lowest BCUT2D eigenvalue weighted by Crippen LogP contribution is -2.26. The highest BCUT2D eigenvalue weighted by molar-refractivity contribution is 5.79. The molecule has 172 valence electrons. The molecule has 34 heavy (non-hydrogen) atoms. The minimum Gasteiger partial charge on any atom is -0.496 e. The number of ether oxygens (including phenoxy) is 2. The van der Waals surface area contributed by atoms with Gasteiger partial charge in [0.1, 0.15) is 12.4 Å². The van der Waals surface area contributed by atoms with Gasteiger partial charge in [0.25, 0.3) is 0 Å². The molecule has 0 heterocycles. The fourth-order valence-electron chi connectivity index (χ4n) is 4.20. The highest BCUT2D eigenvalue weighted by Crippen LogP contribution is 2.44. The molecule has 0 fully saturated rings. The third-order valence-corrected chi connectivity index (χ3v) is 5.72. The zero-order chi connectivity index (χ0) is 23.9. The lowest BCUT2D eigenvalue weighted by molar-refractivity contribution is -0.136. The van der Waals surface area contributed by atoms with E-state index in [2.05, 4.69) is 41.4 Å². The first-order valence-corrected chi connectivity index (χ1v) is 11.0. The van der Waals surface area contributed by atoms with Crippen LogP contribution in [-0.4, -0.2) is 37.4 Å². The van der Waals surface area contributed by atoms with Gasteiger partial charge in [-0.1, -0.05) is 60.4 Å². The predicted octanol–water partition coefficient (Wildman–Crippen LogP) is 4.60. The van der Waals surface area contributed by atoms with Gasteiger partial charge in [0.2, 0.25) is 0 Å². The first-order valence-electron chi connectivity index (χ1n) is 11.0. The molecule has 3 aromatic carbocycles. The number of carboxylic acids is 1. The van der Waals surface area contributed by atoms with E-state index in [9.17, 15) is 9.59 Å². The van der Waals surface area contributed by atoms with E-state index in [1.807, 2.05) is 24.3 Å². The van der Waals surface area contributed by atoms with Crippen LogP contribution in [0.4, 0.5) is 4.79 Å². The second-order valence-corrected chi connectivity index (χ2v) is 7.90. The van der Waals surface area contributed by atoms with Crippen LogP contribution in [0.3, 0.4) is 0 Å². The highest BCUT2D eigenvalue weighted by atomic mass is 16.5. The summed E-state index contributed by atoms with van der Waals surface area (Å²) in [4.78, 5) is 23.3. The van der Waals surface area contributed by atoms with Crippen LogP contribution in [0.5, 0.6) is 5.75 Å². The van der Waals surface area contributed by atoms with Crippen molar-refractivity contribution in [3.8, 4) is 28.7 Å². The monoisotopic (exact) mass is 455 g/mol. The van der Waals surface area contributed by atoms with E-state index in [1.165, 1.54) is 29.4 Å². The van der Waals surface area contributed by atoms with Gasteiger partial charge in [0.15, 0.2) is 0 Å². The molecular weight excluding hydrogens is 430 g/mol. The number of carboxylic acid groups (broad SMARTS) is 1. The normalized spacial score (nSPS) is 11.6. The van der Waals surface area contributed by atoms with Crippen LogP contribution in [0.25, 0.3) is 11.1 Å². The second kappa shape index (κ2) is 10.6. The molecule has 0 saturated heterocycles. The molecule has 1 aliphatic rings. The molecule has 0 unspecified atom stereocenters. The third kappa shape index (κ3) is 5.21. The summed E-state index contributed by atoms with van der Waals surface area (Å²) in [6.45, 7) is 0.617. The summed E-state index contributed by atoms with van der Waals surface area (Å²) in [7, 11) is 1.50. The van der Waals surface area contributed by atoms with Crippen LogP contribution < -0.4 is 10.1 Å². The minimum absolute atomic E-state index is 0.0213. The molecule has 0 bridgehead atoms. The van der Waals surface area contributed by atoms with Crippen molar-refractivity contribution >= 4 is 12.1 Å². The molecule has 0 aliphatic heterocycles. The van der Waals surface area contributed by atoms with E-state index in [1.54, 1.807) is 18.2 Å². The number of alkyl carbamates (subject to hydrolysis) is 1. The maximum Gasteiger partial charge on any atom is 0.407 e. The molecule has 4 rings (SSSR count). The molecule has 0 aromatic heterocycles. The number of nitrogens with one attached hydrogen (secondary N) is 1. The maximum atomic E-state index is 12.2. The summed E-state index contributed by atoms with van der Waals surface area (Å²) < 4.78 is 10.7. The number of amides is 1. The Morgan fingerprint density at radius 1 is 1.00 bits per heavy atom. The largest absolute Gasteiger partial charge is 0.496 e. The molecule has 1 aliphatic carbocycles. The Balaban J connectivity index is 1.28. The SMILES string of the molecule is COc1ccc(C#CCCNC(=O)OCC2c3ccccc3-c3ccccc32)cc1CC(=O)O. The molecule has 0 saturated carbocycles. The molecular formula is C28H25NO5. The highest BCUT2D eigenvalue weighted by Gasteiger charge is 2.28. The summed E-state index contributed by atoms with van der Waals surface area (Å²) in [5, 5.41) is 11.8. The minimum atomic E-state index is -0.935. The molecule has 0 atom stereocenters. The van der Waals surface area contributed by atoms with E-state index >= 15 is 0 Å². The molecule has 6 nitrogen and oxygen atoms in total. The quantitative estimate of drug-likeness (QED) is 0.402. The summed E-state index contributed by atoms with van der Waals surface area (Å²) in [6.07, 6.45) is -0.177. The Bertz CT molecular complexity index is 1230. The Kier molecular flexibility index (Phi) is 7.14. The number of benzene rings is 3. The summed E-state index contributed by atoms with van der Waals surface area (Å²) in [5.74, 6) is 5.59. The first kappa shape index (κ1) is 22.9. The van der Waals surface area contributed by atoms with Gasteiger partial charge in [-0.25, -0.2) is 4.79 Å². The Hall–Kier alpha value is -4.24. The zero-order valence-corrected chi connectivity index (χ0v) is 18.8. The standard InChI is InChI=1S/C28H25NO5/c1-33-26-14-13-19(16-20(26)17-27(30)31)8-6-7-15-29-28(32)34-18-25-23-11-4-2-9-21(23)22-10-3-5-12-24(22)25/h2-5,9-14,16,25H,7,15,17-18H2,1H3,(H,29,32)(H,30,31). The fraction of sp³-hybridized carbons (Fsp3) is 0.214. The number of hydrogen-bond acceptors (Lipinski definition) is 4. The van der Waals surface area contributed by atoms with Gasteiger partial charge in [-0.15, -0.1) is 0 Å². The van der Waals surface area contributed by atoms with Gasteiger partial charge >= 0.3 is 12.1 Å². The van der Waals surface area contributed by atoms with Gasteiger partial charge in [-0.05, 0) is 40.5 Å². The Morgan fingerprint density at radius 2 is 1.68 bits per heavy atom. The van der Waals surface area contributed by atoms with Crippen LogP contribution in [0, 0.1) is 11.8 Å². The van der Waals surface area contributed by atoms with Gasteiger partial charge < -0.3 is 19.9 Å². The van der Waals surface area contributed by atoms with Crippen LogP contribution >= 0.6 is 0 Å². The molecule has 6 heteroatoms. The number of carbonyl (C=O) groups excluding carboxylic acids is 1. The van der Waals surface area contributed by atoms with Gasteiger partial charge in [-0.2, -0.15) is 0 Å². The van der Waals surface area contributed by atoms with Gasteiger partial charge in [0, 0.05) is 30.0 Å². The van der Waals surface area contributed by atoms with Gasteiger partial charge in [-0.3, -0.25) is 4.79 Å². The maximum absolute atomic E-state index is 12.2. The van der Waals surface area contributed by atoms with Crippen LogP contribution in [-0.2, 0) is 16.0 Å². The third-order valence-electron chi connectivity index (χ3n) is 5.72. The van der Waals surface area contributed by atoms with Crippen molar-refractivity contribution < 1.29 is 24.2 Å². The Labute approximate surface area is 198 Å². The Morgan fingerprint density at radius 3 is 2.32 bits per heavy atom.